The van der Waals surface area contributed by atoms with E-state index in [2.05, 4.69) is 4.98 Å². The minimum Gasteiger partial charge on any atom is -0.408 e. The lowest BCUT2D eigenvalue weighted by atomic mass is 10.2. The molecule has 1 N–H and O–H groups in total. The highest BCUT2D eigenvalue weighted by molar-refractivity contribution is 6.42. The number of benzene rings is 1. The average molecular weight is 311 g/mol. The van der Waals surface area contributed by atoms with Crippen molar-refractivity contribution in [2.45, 2.75) is 6.54 Å². The molecule has 1 aromatic carbocycles. The summed E-state index contributed by atoms with van der Waals surface area (Å²) in [4.78, 5) is 25.6. The smallest absolute Gasteiger partial charge is 0.408 e. The molecule has 3 rings (SSSR count). The fourth-order valence-corrected chi connectivity index (χ4v) is 2.27. The van der Waals surface area contributed by atoms with Crippen molar-refractivity contribution < 1.29 is 4.42 Å². The highest BCUT2D eigenvalue weighted by atomic mass is 35.5. The van der Waals surface area contributed by atoms with Crippen LogP contribution in [-0.4, -0.2) is 9.55 Å². The van der Waals surface area contributed by atoms with Gasteiger partial charge >= 0.3 is 5.76 Å². The van der Waals surface area contributed by atoms with E-state index in [0.717, 1.165) is 5.56 Å². The number of aromatic amines is 1. The Morgan fingerprint density at radius 1 is 1.15 bits per heavy atom. The van der Waals surface area contributed by atoms with Gasteiger partial charge in [0, 0.05) is 6.20 Å². The Balaban J connectivity index is 2.06. The van der Waals surface area contributed by atoms with Crippen LogP contribution in [0, 0.1) is 0 Å². The van der Waals surface area contributed by atoms with Gasteiger partial charge in [-0.3, -0.25) is 9.78 Å². The lowest BCUT2D eigenvalue weighted by Crippen LogP contribution is -2.20. The molecule has 7 heteroatoms. The van der Waals surface area contributed by atoms with Gasteiger partial charge in [-0.25, -0.2) is 4.79 Å². The molecule has 0 unspecified atom stereocenters. The highest BCUT2D eigenvalue weighted by Gasteiger charge is 2.08. The van der Waals surface area contributed by atoms with Crippen molar-refractivity contribution in [2.75, 3.05) is 0 Å². The van der Waals surface area contributed by atoms with E-state index in [1.54, 1.807) is 30.5 Å². The summed E-state index contributed by atoms with van der Waals surface area (Å²) in [6.07, 6.45) is 1.56. The molecule has 0 radical (unpaired) electrons. The topological polar surface area (TPSA) is 68.0 Å². The van der Waals surface area contributed by atoms with Crippen LogP contribution in [0.1, 0.15) is 5.56 Å². The van der Waals surface area contributed by atoms with Crippen LogP contribution in [0.5, 0.6) is 0 Å². The summed E-state index contributed by atoms with van der Waals surface area (Å²) in [5.41, 5.74) is 0.883. The zero-order valence-corrected chi connectivity index (χ0v) is 11.5. The first-order valence-electron chi connectivity index (χ1n) is 5.71. The number of nitrogens with one attached hydrogen (secondary N) is 1. The van der Waals surface area contributed by atoms with Gasteiger partial charge in [-0.2, -0.15) is 0 Å². The molecule has 0 atom stereocenters. The van der Waals surface area contributed by atoms with Gasteiger partial charge in [-0.05, 0) is 23.8 Å². The first-order chi connectivity index (χ1) is 9.54. The summed E-state index contributed by atoms with van der Waals surface area (Å²) in [5.74, 6) is -0.649. The van der Waals surface area contributed by atoms with E-state index in [4.69, 9.17) is 27.6 Å². The summed E-state index contributed by atoms with van der Waals surface area (Å²) in [6, 6.07) is 6.70. The Morgan fingerprint density at radius 2 is 1.95 bits per heavy atom. The van der Waals surface area contributed by atoms with Gasteiger partial charge in [0.2, 0.25) is 0 Å². The van der Waals surface area contributed by atoms with E-state index in [1.807, 2.05) is 0 Å². The van der Waals surface area contributed by atoms with Crippen molar-refractivity contribution in [3.8, 4) is 0 Å². The summed E-state index contributed by atoms with van der Waals surface area (Å²) in [7, 11) is 0. The highest BCUT2D eigenvalue weighted by Crippen LogP contribution is 2.22. The fraction of sp³-hybridized carbons (Fsp3) is 0.0769. The van der Waals surface area contributed by atoms with E-state index in [1.165, 1.54) is 4.57 Å². The average Bonchev–Trinajstić information content (AvgIpc) is 2.79. The quantitative estimate of drug-likeness (QED) is 0.791. The number of halogens is 2. The molecular weight excluding hydrogens is 303 g/mol. The molecule has 0 saturated heterocycles. The molecule has 0 fully saturated rings. The van der Waals surface area contributed by atoms with Gasteiger partial charge in [0.15, 0.2) is 11.1 Å². The SMILES string of the molecule is O=c1[nH]c2c(=O)n(Cc3ccc(Cl)c(Cl)c3)ccc2o1. The molecule has 2 heterocycles. The molecule has 102 valence electrons. The third-order valence-electron chi connectivity index (χ3n) is 2.89. The maximum Gasteiger partial charge on any atom is 0.417 e. The van der Waals surface area contributed by atoms with E-state index >= 15 is 0 Å². The number of aromatic nitrogens is 2. The summed E-state index contributed by atoms with van der Waals surface area (Å²) in [5, 5.41) is 0.882. The van der Waals surface area contributed by atoms with Gasteiger partial charge in [0.25, 0.3) is 5.56 Å². The van der Waals surface area contributed by atoms with Crippen LogP contribution in [0.2, 0.25) is 10.0 Å². The zero-order valence-electron chi connectivity index (χ0n) is 10.0. The first-order valence-corrected chi connectivity index (χ1v) is 6.46. The Bertz CT molecular complexity index is 908. The number of oxazole rings is 1. The Hall–Kier alpha value is -1.98. The molecule has 0 aliphatic rings. The van der Waals surface area contributed by atoms with Crippen LogP contribution in [-0.2, 0) is 6.54 Å². The van der Waals surface area contributed by atoms with Crippen molar-refractivity contribution in [1.82, 2.24) is 9.55 Å². The minimum absolute atomic E-state index is 0.151. The molecule has 0 aliphatic carbocycles. The van der Waals surface area contributed by atoms with Crippen molar-refractivity contribution in [3.05, 3.63) is 67.0 Å². The Kier molecular flexibility index (Phi) is 3.16. The van der Waals surface area contributed by atoms with Crippen LogP contribution in [0.4, 0.5) is 0 Å². The zero-order chi connectivity index (χ0) is 14.3. The van der Waals surface area contributed by atoms with Crippen LogP contribution in [0.15, 0.2) is 44.5 Å². The second-order valence-corrected chi connectivity index (χ2v) is 5.07. The molecule has 5 nitrogen and oxygen atoms in total. The third-order valence-corrected chi connectivity index (χ3v) is 3.63. The molecule has 3 aromatic rings. The second-order valence-electron chi connectivity index (χ2n) is 4.25. The second kappa shape index (κ2) is 4.85. The fourth-order valence-electron chi connectivity index (χ4n) is 1.94. The minimum atomic E-state index is -0.649. The molecule has 2 aromatic heterocycles. The maximum atomic E-state index is 12.2. The van der Waals surface area contributed by atoms with E-state index in [9.17, 15) is 9.59 Å². The largest absolute Gasteiger partial charge is 0.417 e. The Labute approximate surface area is 122 Å². The molecule has 20 heavy (non-hydrogen) atoms. The summed E-state index contributed by atoms with van der Waals surface area (Å²) in [6.45, 7) is 0.318. The standard InChI is InChI=1S/C13H8Cl2N2O3/c14-8-2-1-7(5-9(8)15)6-17-4-3-10-11(12(17)18)16-13(19)20-10/h1-5H,6H2,(H,16,19). The van der Waals surface area contributed by atoms with Gasteiger partial charge in [0.1, 0.15) is 0 Å². The lowest BCUT2D eigenvalue weighted by molar-refractivity contribution is 0.555. The maximum absolute atomic E-state index is 12.2. The summed E-state index contributed by atoms with van der Waals surface area (Å²) >= 11 is 11.8. The first kappa shape index (κ1) is 13.0. The predicted octanol–water partition coefficient (Wildman–Crippen LogP) is 2.64. The van der Waals surface area contributed by atoms with Crippen LogP contribution >= 0.6 is 23.2 Å². The molecule has 0 bridgehead atoms. The molecule has 0 saturated carbocycles. The molecule has 0 amide bonds. The van der Waals surface area contributed by atoms with Gasteiger partial charge in [0.05, 0.1) is 16.6 Å². The van der Waals surface area contributed by atoms with E-state index < -0.39 is 5.76 Å². The monoisotopic (exact) mass is 310 g/mol. The number of H-pyrrole nitrogens is 1. The van der Waals surface area contributed by atoms with E-state index in [-0.39, 0.29) is 16.7 Å². The van der Waals surface area contributed by atoms with Crippen molar-refractivity contribution >= 4 is 34.3 Å². The third kappa shape index (κ3) is 2.26. The van der Waals surface area contributed by atoms with Crippen molar-refractivity contribution in [3.63, 3.8) is 0 Å². The van der Waals surface area contributed by atoms with Gasteiger partial charge in [-0.1, -0.05) is 29.3 Å². The number of hydrogen-bond acceptors (Lipinski definition) is 3. The van der Waals surface area contributed by atoms with E-state index in [0.29, 0.717) is 16.6 Å². The van der Waals surface area contributed by atoms with Crippen molar-refractivity contribution in [1.29, 1.82) is 0 Å². The molecule has 0 aliphatic heterocycles. The normalized spacial score (nSPS) is 11.1. The van der Waals surface area contributed by atoms with Crippen LogP contribution in [0.25, 0.3) is 11.1 Å². The number of rotatable bonds is 2. The van der Waals surface area contributed by atoms with Gasteiger partial charge in [-0.15, -0.1) is 0 Å². The molecule has 0 spiro atoms. The van der Waals surface area contributed by atoms with Crippen LogP contribution < -0.4 is 11.3 Å². The lowest BCUT2D eigenvalue weighted by Gasteiger charge is -2.06. The van der Waals surface area contributed by atoms with Crippen LogP contribution in [0.3, 0.4) is 0 Å². The number of hydrogen-bond donors (Lipinski definition) is 1. The number of fused-ring (bicyclic) bond motifs is 1. The number of pyridine rings is 1. The predicted molar refractivity (Wildman–Crippen MR) is 76.7 cm³/mol. The molecular formula is C13H8Cl2N2O3. The number of nitrogens with zero attached hydrogens (tertiary/aromatic N) is 1. The Morgan fingerprint density at radius 3 is 2.70 bits per heavy atom. The summed E-state index contributed by atoms with van der Waals surface area (Å²) < 4.78 is 6.28. The van der Waals surface area contributed by atoms with Gasteiger partial charge < -0.3 is 8.98 Å². The van der Waals surface area contributed by atoms with Crippen molar-refractivity contribution in [2.24, 2.45) is 0 Å².